The van der Waals surface area contributed by atoms with Gasteiger partial charge in [0.05, 0.1) is 22.8 Å². The third-order valence-electron chi connectivity index (χ3n) is 5.88. The van der Waals surface area contributed by atoms with Gasteiger partial charge in [-0.25, -0.2) is 23.5 Å². The summed E-state index contributed by atoms with van der Waals surface area (Å²) in [6, 6.07) is 10.7. The monoisotopic (exact) mass is 587 g/mol. The number of carboxylic acid groups (broad SMARTS) is 1. The number of carboxylic acids is 1. The number of carbonyl (C=O) groups is 2. The lowest BCUT2D eigenvalue weighted by molar-refractivity contribution is -0.192. The van der Waals surface area contributed by atoms with Gasteiger partial charge >= 0.3 is 12.1 Å². The molecule has 0 fully saturated rings. The Hall–Kier alpha value is -5.34. The van der Waals surface area contributed by atoms with Crippen LogP contribution in [0.3, 0.4) is 0 Å². The summed E-state index contributed by atoms with van der Waals surface area (Å²) < 4.78 is 59.9. The van der Waals surface area contributed by atoms with Crippen molar-refractivity contribution in [1.29, 1.82) is 0 Å². The highest BCUT2D eigenvalue weighted by atomic mass is 19.4. The maximum Gasteiger partial charge on any atom is 0.490 e. The molecular weight excluding hydrogens is 565 g/mol. The Bertz CT molecular complexity index is 1760. The van der Waals surface area contributed by atoms with E-state index in [4.69, 9.17) is 15.6 Å². The fraction of sp³-hybridized carbons (Fsp3) is 0.148. The van der Waals surface area contributed by atoms with Crippen LogP contribution in [0.1, 0.15) is 15.9 Å². The number of alkyl halides is 3. The largest absolute Gasteiger partial charge is 0.490 e. The van der Waals surface area contributed by atoms with E-state index in [9.17, 15) is 26.7 Å². The molecule has 3 aromatic heterocycles. The number of anilines is 1. The molecule has 5 aromatic rings. The number of fused-ring (bicyclic) bond motifs is 1. The molecule has 0 saturated carbocycles. The van der Waals surface area contributed by atoms with E-state index in [0.29, 0.717) is 45.8 Å². The van der Waals surface area contributed by atoms with Gasteiger partial charge in [-0.3, -0.25) is 9.48 Å². The Labute approximate surface area is 234 Å². The molecule has 0 aliphatic heterocycles. The summed E-state index contributed by atoms with van der Waals surface area (Å²) in [5, 5.41) is 14.1. The van der Waals surface area contributed by atoms with Gasteiger partial charge < -0.3 is 21.1 Å². The summed E-state index contributed by atoms with van der Waals surface area (Å²) in [5.74, 6) is -3.99. The number of carbonyl (C=O) groups excluding carboxylic acids is 1. The number of aromatic nitrogens is 5. The maximum absolute atomic E-state index is 13.4. The van der Waals surface area contributed by atoms with E-state index in [-0.39, 0.29) is 12.5 Å². The molecule has 5 N–H and O–H groups in total. The van der Waals surface area contributed by atoms with E-state index in [2.05, 4.69) is 25.4 Å². The number of H-pyrrole nitrogens is 1. The molecular formula is C27H22F5N7O3. The highest BCUT2D eigenvalue weighted by molar-refractivity contribution is 5.97. The van der Waals surface area contributed by atoms with Gasteiger partial charge in [-0.05, 0) is 48.4 Å². The third-order valence-corrected chi connectivity index (χ3v) is 5.88. The van der Waals surface area contributed by atoms with Crippen LogP contribution in [-0.2, 0) is 18.3 Å². The number of imidazole rings is 1. The minimum absolute atomic E-state index is 0.277. The lowest BCUT2D eigenvalue weighted by Crippen LogP contribution is -2.25. The van der Waals surface area contributed by atoms with Crippen LogP contribution in [0.2, 0.25) is 0 Å². The molecule has 3 heterocycles. The van der Waals surface area contributed by atoms with E-state index in [1.807, 2.05) is 19.3 Å². The van der Waals surface area contributed by atoms with Crippen LogP contribution in [-0.4, -0.2) is 54.4 Å². The minimum Gasteiger partial charge on any atom is -0.475 e. The van der Waals surface area contributed by atoms with Crippen LogP contribution < -0.4 is 11.1 Å². The van der Waals surface area contributed by atoms with E-state index < -0.39 is 23.8 Å². The first kappa shape index (κ1) is 29.6. The lowest BCUT2D eigenvalue weighted by atomic mass is 10.1. The molecule has 218 valence electrons. The molecule has 0 spiro atoms. The van der Waals surface area contributed by atoms with Crippen LogP contribution >= 0.6 is 0 Å². The number of aromatic amines is 1. The maximum atomic E-state index is 13.4. The van der Waals surface area contributed by atoms with Crippen LogP contribution in [0.15, 0.2) is 61.1 Å². The smallest absolute Gasteiger partial charge is 0.475 e. The summed E-state index contributed by atoms with van der Waals surface area (Å²) in [5.41, 5.74) is 10.9. The average molecular weight is 588 g/mol. The fourth-order valence-electron chi connectivity index (χ4n) is 3.79. The fourth-order valence-corrected chi connectivity index (χ4v) is 3.79. The Morgan fingerprint density at radius 1 is 1.05 bits per heavy atom. The average Bonchev–Trinajstić information content (AvgIpc) is 3.56. The second-order valence-electron chi connectivity index (χ2n) is 8.93. The molecule has 0 aliphatic rings. The van der Waals surface area contributed by atoms with Gasteiger partial charge in [0.25, 0.3) is 5.91 Å². The Kier molecular flexibility index (Phi) is 8.49. The van der Waals surface area contributed by atoms with Crippen LogP contribution in [0.25, 0.3) is 33.5 Å². The van der Waals surface area contributed by atoms with Crippen molar-refractivity contribution in [1.82, 2.24) is 30.0 Å². The van der Waals surface area contributed by atoms with Gasteiger partial charge in [0.15, 0.2) is 11.6 Å². The summed E-state index contributed by atoms with van der Waals surface area (Å²) >= 11 is 0. The molecule has 1 amide bonds. The minimum atomic E-state index is -5.08. The van der Waals surface area contributed by atoms with Crippen molar-refractivity contribution in [3.63, 3.8) is 0 Å². The zero-order chi connectivity index (χ0) is 30.6. The molecule has 10 nitrogen and oxygen atoms in total. The zero-order valence-electron chi connectivity index (χ0n) is 21.7. The predicted molar refractivity (Wildman–Crippen MR) is 142 cm³/mol. The second kappa shape index (κ2) is 12.0. The first-order valence-electron chi connectivity index (χ1n) is 12.1. The van der Waals surface area contributed by atoms with Crippen LogP contribution in [0, 0.1) is 11.6 Å². The Morgan fingerprint density at radius 3 is 2.43 bits per heavy atom. The van der Waals surface area contributed by atoms with Crippen molar-refractivity contribution in [2.45, 2.75) is 12.6 Å². The Morgan fingerprint density at radius 2 is 1.79 bits per heavy atom. The van der Waals surface area contributed by atoms with Gasteiger partial charge in [-0.15, -0.1) is 0 Å². The molecule has 2 aromatic carbocycles. The van der Waals surface area contributed by atoms with E-state index in [0.717, 1.165) is 23.3 Å². The van der Waals surface area contributed by atoms with Crippen LogP contribution in [0.4, 0.5) is 27.8 Å². The molecule has 15 heteroatoms. The second-order valence-corrected chi connectivity index (χ2v) is 8.93. The number of nitrogens with two attached hydrogens (primary N) is 1. The molecule has 0 bridgehead atoms. The van der Waals surface area contributed by atoms with E-state index >= 15 is 0 Å². The molecule has 42 heavy (non-hydrogen) atoms. The van der Waals surface area contributed by atoms with Crippen molar-refractivity contribution in [2.75, 3.05) is 12.3 Å². The molecule has 0 radical (unpaired) electrons. The SMILES string of the molecule is Cn1cc(-c2cnc(N)c(-c3nc4ccc(C(=O)NCCc5ccc(F)c(F)c5)cc4[nH]3)c2)cn1.O=C(O)C(F)(F)F. The number of nitrogens with one attached hydrogen (secondary N) is 2. The molecule has 0 atom stereocenters. The predicted octanol–water partition coefficient (Wildman–Crippen LogP) is 4.49. The van der Waals surface area contributed by atoms with Gasteiger partial charge in [-0.2, -0.15) is 18.3 Å². The molecule has 0 unspecified atom stereocenters. The number of nitrogen functional groups attached to an aromatic ring is 1. The summed E-state index contributed by atoms with van der Waals surface area (Å²) in [6.45, 7) is 0.277. The normalized spacial score (nSPS) is 11.2. The molecule has 0 aliphatic carbocycles. The standard InChI is InChI=1S/C25H21F2N7O.C2HF3O2/c1-34-13-17(12-31-34)16-9-18(23(28)30-11-16)24-32-21-5-3-15(10-22(21)33-24)25(35)29-7-6-14-2-4-19(26)20(27)8-14;3-2(4,5)1(6)7/h2-5,8-13H,6-7H2,1H3,(H2,28,30)(H,29,35)(H,32,33);(H,6,7). The number of hydrogen-bond donors (Lipinski definition) is 4. The Balaban J connectivity index is 0.000000517. The van der Waals surface area contributed by atoms with Crippen molar-refractivity contribution in [3.8, 4) is 22.5 Å². The van der Waals surface area contributed by atoms with Gasteiger partial charge in [0.2, 0.25) is 0 Å². The van der Waals surface area contributed by atoms with Crippen molar-refractivity contribution < 1.29 is 36.6 Å². The molecule has 5 rings (SSSR count). The number of benzene rings is 2. The van der Waals surface area contributed by atoms with Crippen molar-refractivity contribution in [3.05, 3.63) is 83.8 Å². The first-order chi connectivity index (χ1) is 19.8. The number of halogens is 5. The van der Waals surface area contributed by atoms with Crippen molar-refractivity contribution in [2.24, 2.45) is 7.05 Å². The highest BCUT2D eigenvalue weighted by Crippen LogP contribution is 2.29. The van der Waals surface area contributed by atoms with Crippen molar-refractivity contribution >= 4 is 28.7 Å². The number of hydrogen-bond acceptors (Lipinski definition) is 6. The summed E-state index contributed by atoms with van der Waals surface area (Å²) in [6.07, 6.45) is 0.598. The van der Waals surface area contributed by atoms with E-state index in [1.54, 1.807) is 35.3 Å². The number of amides is 1. The number of pyridine rings is 1. The van der Waals surface area contributed by atoms with Crippen LogP contribution in [0.5, 0.6) is 0 Å². The number of aryl methyl sites for hydroxylation is 1. The van der Waals surface area contributed by atoms with Gasteiger partial charge in [0, 0.05) is 42.7 Å². The van der Waals surface area contributed by atoms with Gasteiger partial charge in [-0.1, -0.05) is 6.07 Å². The topological polar surface area (TPSA) is 152 Å². The summed E-state index contributed by atoms with van der Waals surface area (Å²) in [4.78, 5) is 33.6. The summed E-state index contributed by atoms with van der Waals surface area (Å²) in [7, 11) is 1.84. The number of rotatable bonds is 6. The number of aliphatic carboxylic acids is 1. The quantitative estimate of drug-likeness (QED) is 0.214. The first-order valence-corrected chi connectivity index (χ1v) is 12.1. The van der Waals surface area contributed by atoms with Gasteiger partial charge in [0.1, 0.15) is 11.6 Å². The van der Waals surface area contributed by atoms with E-state index in [1.165, 1.54) is 6.07 Å². The highest BCUT2D eigenvalue weighted by Gasteiger charge is 2.38. The zero-order valence-corrected chi connectivity index (χ0v) is 21.7. The number of nitrogens with zero attached hydrogens (tertiary/aromatic N) is 4. The third kappa shape index (κ3) is 7.04. The molecule has 0 saturated heterocycles. The lowest BCUT2D eigenvalue weighted by Gasteiger charge is -2.06.